The second-order valence-electron chi connectivity index (χ2n) is 43.6. The number of benzene rings is 2. The maximum Gasteiger partial charge on any atom is 0.230 e. The number of nitrogens with one attached hydrogen (secondary N) is 7. The van der Waals surface area contributed by atoms with Gasteiger partial charge in [0.05, 0.1) is 93.7 Å². The molecule has 7 aliphatic heterocycles. The van der Waals surface area contributed by atoms with Crippen molar-refractivity contribution in [3.05, 3.63) is 205 Å². The maximum atomic E-state index is 6.19. The van der Waals surface area contributed by atoms with E-state index in [2.05, 4.69) is 228 Å². The van der Waals surface area contributed by atoms with Crippen molar-refractivity contribution < 1.29 is 0 Å². The number of piperazine rings is 3. The maximum absolute atomic E-state index is 6.19. The van der Waals surface area contributed by atoms with E-state index in [9.17, 15) is 0 Å². The third-order valence-electron chi connectivity index (χ3n) is 33.7. The third-order valence-corrected chi connectivity index (χ3v) is 33.7. The fraction of sp³-hybridized carbons (Fsp3) is 0.496. The van der Waals surface area contributed by atoms with E-state index in [4.69, 9.17) is 51.4 Å². The Bertz CT molecular complexity index is 6750. The summed E-state index contributed by atoms with van der Waals surface area (Å²) >= 11 is 0. The van der Waals surface area contributed by atoms with Crippen molar-refractivity contribution in [1.29, 1.82) is 0 Å². The van der Waals surface area contributed by atoms with Crippen LogP contribution in [0.25, 0.3) is 55.9 Å². The molecule has 11 aromatic heterocycles. The topological polar surface area (TPSA) is 342 Å². The van der Waals surface area contributed by atoms with E-state index in [0.29, 0.717) is 42.0 Å². The molecule has 0 atom stereocenters. The van der Waals surface area contributed by atoms with E-state index in [1.165, 1.54) is 131 Å². The average molecular weight is 1950 g/mol. The van der Waals surface area contributed by atoms with Crippen LogP contribution >= 0.6 is 0 Å². The number of pyridine rings is 3. The van der Waals surface area contributed by atoms with Gasteiger partial charge >= 0.3 is 0 Å². The fourth-order valence-corrected chi connectivity index (χ4v) is 25.3. The van der Waals surface area contributed by atoms with E-state index in [-0.39, 0.29) is 22.2 Å². The summed E-state index contributed by atoms with van der Waals surface area (Å²) < 4.78 is 10.0. The number of para-hydroxylation sites is 1. The Kier molecular flexibility index (Phi) is 27.8. The summed E-state index contributed by atoms with van der Waals surface area (Å²) in [5.74, 6) is 6.62. The molecule has 13 aliphatic rings. The number of hydrogen-bond acceptors (Lipinski definition) is 28. The summed E-state index contributed by atoms with van der Waals surface area (Å²) in [5.41, 5.74) is 28.3. The van der Waals surface area contributed by atoms with Crippen LogP contribution in [0.5, 0.6) is 0 Å². The molecule has 756 valence electrons. The van der Waals surface area contributed by atoms with E-state index in [0.717, 1.165) is 296 Å². The second kappa shape index (κ2) is 42.2. The molecule has 0 amide bonds. The van der Waals surface area contributed by atoms with Gasteiger partial charge in [-0.2, -0.15) is 19.9 Å². The van der Waals surface area contributed by atoms with Crippen molar-refractivity contribution in [2.24, 2.45) is 21.5 Å². The van der Waals surface area contributed by atoms with Crippen LogP contribution in [-0.2, 0) is 28.7 Å². The molecule has 18 heterocycles. The van der Waals surface area contributed by atoms with Crippen LogP contribution in [0.2, 0.25) is 0 Å². The molecular formula is C113H144N32. The van der Waals surface area contributed by atoms with Crippen LogP contribution in [0.1, 0.15) is 221 Å². The summed E-state index contributed by atoms with van der Waals surface area (Å²) in [6, 6.07) is 43.8. The summed E-state index contributed by atoms with van der Waals surface area (Å²) in [6.07, 6.45) is 56.6. The van der Waals surface area contributed by atoms with Crippen molar-refractivity contribution in [3.8, 4) is 0 Å². The Balaban J connectivity index is 0.000000108. The van der Waals surface area contributed by atoms with Gasteiger partial charge in [-0.15, -0.1) is 0 Å². The molecule has 3 saturated heterocycles. The normalized spacial score (nSPS) is 22.2. The Hall–Kier alpha value is -13.0. The van der Waals surface area contributed by atoms with Crippen molar-refractivity contribution in [2.45, 2.75) is 245 Å². The number of nitrogens with two attached hydrogens (primary N) is 2. The number of rotatable bonds is 16. The van der Waals surface area contributed by atoms with Crippen molar-refractivity contribution in [1.82, 2.24) is 98.4 Å². The van der Waals surface area contributed by atoms with Gasteiger partial charge in [0.25, 0.3) is 0 Å². The molecule has 6 saturated carbocycles. The first-order valence-electron chi connectivity index (χ1n) is 54.3. The lowest BCUT2D eigenvalue weighted by atomic mass is 9.77. The first kappa shape index (κ1) is 95.5. The zero-order chi connectivity index (χ0) is 97.8. The number of allylic oxidation sites excluding steroid dienone is 2. The Morgan fingerprint density at radius 2 is 0.724 bits per heavy atom. The molecule has 4 spiro atoms. The van der Waals surface area contributed by atoms with Crippen LogP contribution in [-0.4, -0.2) is 236 Å². The molecule has 0 radical (unpaired) electrons. The van der Waals surface area contributed by atoms with Gasteiger partial charge in [-0.05, 0) is 221 Å². The Morgan fingerprint density at radius 3 is 1.17 bits per heavy atom. The monoisotopic (exact) mass is 1950 g/mol. The van der Waals surface area contributed by atoms with Gasteiger partial charge in [-0.25, -0.2) is 34.9 Å². The molecule has 9 fully saturated rings. The number of anilines is 11. The molecule has 0 unspecified atom stereocenters. The Labute approximate surface area is 851 Å². The lowest BCUT2D eigenvalue weighted by Gasteiger charge is -2.43. The molecule has 6 aliphatic carbocycles. The molecule has 11 N–H and O–H groups in total. The number of likely N-dealkylation sites (N-methyl/N-ethyl adjacent to an activating group) is 3. The number of nitrogens with zero attached hydrogens (tertiary/aromatic N) is 23. The van der Waals surface area contributed by atoms with E-state index >= 15 is 0 Å². The number of aliphatic imine (C=N–C) groups is 2. The summed E-state index contributed by atoms with van der Waals surface area (Å²) in [5, 5.41) is 29.1. The van der Waals surface area contributed by atoms with Crippen molar-refractivity contribution >= 4 is 132 Å². The van der Waals surface area contributed by atoms with Gasteiger partial charge in [-0.1, -0.05) is 138 Å². The highest BCUT2D eigenvalue weighted by Crippen LogP contribution is 2.50. The third kappa shape index (κ3) is 20.6. The van der Waals surface area contributed by atoms with Gasteiger partial charge in [0, 0.05) is 167 Å². The van der Waals surface area contributed by atoms with Crippen LogP contribution in [0, 0.1) is 0 Å². The van der Waals surface area contributed by atoms with Crippen LogP contribution in [0.3, 0.4) is 0 Å². The zero-order valence-electron chi connectivity index (χ0n) is 84.9. The van der Waals surface area contributed by atoms with E-state index < -0.39 is 0 Å². The number of aromatic nitrogens is 15. The first-order chi connectivity index (χ1) is 71.1. The minimum Gasteiger partial charge on any atom is -0.381 e. The average Bonchev–Trinajstić information content (AvgIpc) is 1.62. The largest absolute Gasteiger partial charge is 0.381 e. The van der Waals surface area contributed by atoms with Crippen LogP contribution in [0.4, 0.5) is 64.0 Å². The highest BCUT2D eigenvalue weighted by atomic mass is 15.3. The molecule has 32 heteroatoms. The number of amidine groups is 2. The smallest absolute Gasteiger partial charge is 0.230 e. The SMILES string of the molecule is CN1CCN(c2ccc(Nc3ncc4cc5n(c4n3)C3(CC=C5NC4CCC(N)CC4)CCCCC3)nc2)CC1.CN1CCN(c2ccc(Nc3ncc4cc5n(c4n3)C3(CCCCC3)CN=C5NCc3ccccc3)nc2)CC1.CN1CCN(c2ccc(Nc3ncc4cc5n(c4n3)C3(CCCCC3)CN=C5Nc3ccccc3)nc2)CC1.NC1CCC(Nc2ncc3cc4n(c3n2)C2(CC=C4)CCCCC2)CC1. The fourth-order valence-electron chi connectivity index (χ4n) is 25.3. The quantitative estimate of drug-likeness (QED) is 0.0434. The molecule has 0 bridgehead atoms. The summed E-state index contributed by atoms with van der Waals surface area (Å²) in [7, 11) is 6.52. The van der Waals surface area contributed by atoms with Gasteiger partial charge in [-0.3, -0.25) is 9.98 Å². The molecule has 26 rings (SSSR count). The summed E-state index contributed by atoms with van der Waals surface area (Å²) in [6.45, 7) is 14.9. The van der Waals surface area contributed by atoms with E-state index in [1.54, 1.807) is 0 Å². The number of hydrogen-bond donors (Lipinski definition) is 9. The molecule has 32 nitrogen and oxygen atoms in total. The van der Waals surface area contributed by atoms with Gasteiger partial charge in [0.1, 0.15) is 51.7 Å². The van der Waals surface area contributed by atoms with Crippen LogP contribution in [0.15, 0.2) is 187 Å². The van der Waals surface area contributed by atoms with Gasteiger partial charge < -0.3 is 96.4 Å². The standard InChI is InChI=1S/C31H37N9.C31H43N9.C30H35N9.C21H29N5/c1-38-14-16-39(17-15-38)25-10-11-27(32-21-25)36-30-34-20-24-18-26-28(33-19-23-8-4-2-5-9-23)35-22-31(12-6-3-7-13-31)40(26)29(24)37-30;1-38-15-17-39(18-16-38)25-9-10-28(33-21-25)36-30-34-20-22-19-27-26(35-24-7-5-23(32)6-8-24)11-14-31(12-3-2-4-13-31)40(27)29(22)37-30;1-37-14-16-38(17-15-37)24-10-11-26(31-20-24)35-29-32-19-22-18-25-27(34-23-8-4-2-5-9-23)33-21-30(12-6-3-7-13-30)39(25)28(22)36-29;22-16-6-8-17(9-7-16)24-20-23-14-15-13-18-5-4-12-21(10-2-1-3-11-21)26(18)19(15)25-20/h2,4-5,8-11,18,20-21H,3,6-7,12-17,19,22H2,1H3,(H,33,35)(H,32,34,36,37);9-11,19-21,23-24,35H,2-8,12-18,32H2,1H3,(H,33,34,36,37);2,4-5,8-11,18-20H,3,6-7,12-17,21H2,1H3,(H,33,34)(H,31,32,35,36);4-5,13-14,16-17H,1-3,6-12,22H2,(H,23,24,25). The zero-order valence-corrected chi connectivity index (χ0v) is 84.9. The Morgan fingerprint density at radius 1 is 0.345 bits per heavy atom. The lowest BCUT2D eigenvalue weighted by Crippen LogP contribution is -2.46. The minimum absolute atomic E-state index is 0.0265. The molecule has 13 aromatic rings. The van der Waals surface area contributed by atoms with Gasteiger partial charge in [0.15, 0.2) is 0 Å². The predicted octanol–water partition coefficient (Wildman–Crippen LogP) is 18.2. The van der Waals surface area contributed by atoms with E-state index in [1.807, 2.05) is 85.8 Å². The predicted molar refractivity (Wildman–Crippen MR) is 586 cm³/mol. The van der Waals surface area contributed by atoms with Crippen LogP contribution < -0.4 is 63.4 Å². The second-order valence-corrected chi connectivity index (χ2v) is 43.6. The van der Waals surface area contributed by atoms with Crippen molar-refractivity contribution in [2.75, 3.05) is 154 Å². The van der Waals surface area contributed by atoms with Crippen molar-refractivity contribution in [3.63, 3.8) is 0 Å². The molecular weight excluding hydrogens is 1810 g/mol. The lowest BCUT2D eigenvalue weighted by molar-refractivity contribution is 0.195. The first-order valence-corrected chi connectivity index (χ1v) is 54.3. The minimum atomic E-state index is -0.0365. The number of fused-ring (bicyclic) bond motifs is 16. The highest BCUT2D eigenvalue weighted by Gasteiger charge is 2.45. The summed E-state index contributed by atoms with van der Waals surface area (Å²) in [4.78, 5) is 77.4. The molecule has 145 heavy (non-hydrogen) atoms. The molecule has 2 aromatic carbocycles. The highest BCUT2D eigenvalue weighted by molar-refractivity contribution is 6.10. The van der Waals surface area contributed by atoms with Gasteiger partial charge in [0.2, 0.25) is 23.8 Å².